The minimum atomic E-state index is -3.83. The fraction of sp³-hybridized carbons (Fsp3) is 0.205. The molecular formula is C39H40NO6PS. The molecule has 0 unspecified atom stereocenters. The molecule has 1 heterocycles. The van der Waals surface area contributed by atoms with Crippen molar-refractivity contribution < 1.29 is 27.1 Å². The Morgan fingerprint density at radius 2 is 1.25 bits per heavy atom. The Balaban J connectivity index is 0.939. The third-order valence-corrected chi connectivity index (χ3v) is 15.2. The zero-order valence-electron chi connectivity index (χ0n) is 26.7. The predicted octanol–water partition coefficient (Wildman–Crippen LogP) is 6.67. The Labute approximate surface area is 282 Å². The molecule has 0 radical (unpaired) electrons. The summed E-state index contributed by atoms with van der Waals surface area (Å²) < 4.78 is 44.7. The van der Waals surface area contributed by atoms with Gasteiger partial charge in [0.05, 0.1) is 4.90 Å². The summed E-state index contributed by atoms with van der Waals surface area (Å²) >= 11 is 0. The Morgan fingerprint density at radius 3 is 1.90 bits per heavy atom. The van der Waals surface area contributed by atoms with Crippen LogP contribution in [0.2, 0.25) is 0 Å². The fourth-order valence-electron chi connectivity index (χ4n) is 6.35. The summed E-state index contributed by atoms with van der Waals surface area (Å²) in [6.07, 6.45) is 3.83. The number of para-hydroxylation sites is 1. The number of rotatable bonds is 16. The van der Waals surface area contributed by atoms with Crippen molar-refractivity contribution in [2.45, 2.75) is 30.6 Å². The SMILES string of the molecule is O=C(CCNS(=O)(=O)c1ccc2c(c1)oc1ccccc12)OCOCCCCC[PH](c1ccccc1)(c1ccccc1)c1ccccc1. The Bertz CT molecular complexity index is 1950. The number of unbranched alkanes of at least 4 members (excludes halogenated alkanes) is 2. The van der Waals surface area contributed by atoms with E-state index in [1.165, 1.54) is 28.0 Å². The number of hydrogen-bond donors (Lipinski definition) is 1. The minimum absolute atomic E-state index is 0.0713. The summed E-state index contributed by atoms with van der Waals surface area (Å²) in [5.74, 6) is -0.533. The summed E-state index contributed by atoms with van der Waals surface area (Å²) in [5.41, 5.74) is 1.18. The molecule has 9 heteroatoms. The number of nitrogens with one attached hydrogen (secondary N) is 1. The molecule has 48 heavy (non-hydrogen) atoms. The second kappa shape index (κ2) is 15.7. The number of benzene rings is 5. The second-order valence-electron chi connectivity index (χ2n) is 11.8. The molecule has 0 aliphatic rings. The number of sulfonamides is 1. The van der Waals surface area contributed by atoms with Crippen molar-refractivity contribution in [2.24, 2.45) is 0 Å². The van der Waals surface area contributed by atoms with Gasteiger partial charge in [-0.05, 0) is 18.2 Å². The Morgan fingerprint density at radius 1 is 0.667 bits per heavy atom. The van der Waals surface area contributed by atoms with E-state index in [4.69, 9.17) is 13.9 Å². The van der Waals surface area contributed by atoms with Crippen molar-refractivity contribution in [3.8, 4) is 0 Å². The van der Waals surface area contributed by atoms with Crippen molar-refractivity contribution in [1.82, 2.24) is 4.72 Å². The van der Waals surface area contributed by atoms with E-state index in [1.807, 2.05) is 24.3 Å². The van der Waals surface area contributed by atoms with Gasteiger partial charge in [0.2, 0.25) is 10.0 Å². The first-order chi connectivity index (χ1) is 23.5. The molecule has 1 N–H and O–H groups in total. The van der Waals surface area contributed by atoms with E-state index in [1.54, 1.807) is 6.07 Å². The van der Waals surface area contributed by atoms with Gasteiger partial charge in [-0.25, -0.2) is 8.42 Å². The van der Waals surface area contributed by atoms with E-state index >= 15 is 0 Å². The van der Waals surface area contributed by atoms with Crippen LogP contribution >= 0.6 is 7.26 Å². The topological polar surface area (TPSA) is 94.8 Å². The molecular weight excluding hydrogens is 641 g/mol. The van der Waals surface area contributed by atoms with Gasteiger partial charge in [0, 0.05) is 16.8 Å². The molecule has 0 aliphatic heterocycles. The Kier molecular flexibility index (Phi) is 11.0. The van der Waals surface area contributed by atoms with Crippen molar-refractivity contribution in [3.05, 3.63) is 133 Å². The molecule has 0 aliphatic carbocycles. The third-order valence-electron chi connectivity index (χ3n) is 8.73. The molecule has 0 bridgehead atoms. The first-order valence-electron chi connectivity index (χ1n) is 16.3. The van der Waals surface area contributed by atoms with Crippen LogP contribution in [-0.4, -0.2) is 40.5 Å². The summed E-state index contributed by atoms with van der Waals surface area (Å²) in [7, 11) is -6.08. The molecule has 0 fully saturated rings. The molecule has 0 spiro atoms. The average molecular weight is 682 g/mol. The van der Waals surface area contributed by atoms with Gasteiger partial charge in [-0.15, -0.1) is 0 Å². The molecule has 6 aromatic rings. The van der Waals surface area contributed by atoms with Crippen LogP contribution in [0.15, 0.2) is 143 Å². The first-order valence-corrected chi connectivity index (χ1v) is 20.0. The van der Waals surface area contributed by atoms with Gasteiger partial charge in [0.15, 0.2) is 0 Å². The van der Waals surface area contributed by atoms with E-state index in [-0.39, 0.29) is 24.7 Å². The molecule has 248 valence electrons. The summed E-state index contributed by atoms with van der Waals surface area (Å²) in [5, 5.41) is 5.97. The first kappa shape index (κ1) is 33.6. The number of carbonyl (C=O) groups excluding carboxylic acids is 1. The van der Waals surface area contributed by atoms with Crippen LogP contribution in [0, 0.1) is 0 Å². The molecule has 1 aromatic heterocycles. The summed E-state index contributed by atoms with van der Waals surface area (Å²) in [6.45, 7) is 0.223. The molecule has 0 amide bonds. The summed E-state index contributed by atoms with van der Waals surface area (Å²) in [6, 6.07) is 45.0. The van der Waals surface area contributed by atoms with Crippen LogP contribution in [-0.2, 0) is 24.3 Å². The van der Waals surface area contributed by atoms with Gasteiger partial charge in [0.25, 0.3) is 0 Å². The number of hydrogen-bond acceptors (Lipinski definition) is 6. The fourth-order valence-corrected chi connectivity index (χ4v) is 12.3. The molecule has 6 rings (SSSR count). The van der Waals surface area contributed by atoms with Crippen LogP contribution in [0.3, 0.4) is 0 Å². The van der Waals surface area contributed by atoms with Crippen LogP contribution in [0.5, 0.6) is 0 Å². The zero-order chi connectivity index (χ0) is 33.2. The van der Waals surface area contributed by atoms with Gasteiger partial charge in [-0.1, -0.05) is 18.2 Å². The molecule has 5 aromatic carbocycles. The monoisotopic (exact) mass is 681 g/mol. The maximum atomic E-state index is 12.8. The van der Waals surface area contributed by atoms with Gasteiger partial charge in [0.1, 0.15) is 11.2 Å². The number of carbonyl (C=O) groups is 1. The second-order valence-corrected chi connectivity index (χ2v) is 17.6. The van der Waals surface area contributed by atoms with Crippen molar-refractivity contribution >= 4 is 61.1 Å². The van der Waals surface area contributed by atoms with Crippen molar-refractivity contribution in [1.29, 1.82) is 0 Å². The molecule has 7 nitrogen and oxygen atoms in total. The number of ether oxygens (including phenoxy) is 2. The van der Waals surface area contributed by atoms with Crippen LogP contribution in [0.4, 0.5) is 0 Å². The summed E-state index contributed by atoms with van der Waals surface area (Å²) in [4.78, 5) is 12.3. The maximum absolute atomic E-state index is 12.8. The predicted molar refractivity (Wildman–Crippen MR) is 196 cm³/mol. The van der Waals surface area contributed by atoms with Crippen LogP contribution in [0.25, 0.3) is 21.9 Å². The van der Waals surface area contributed by atoms with Crippen LogP contribution in [0.1, 0.15) is 25.7 Å². The molecule has 0 saturated heterocycles. The van der Waals surface area contributed by atoms with E-state index in [2.05, 4.69) is 95.7 Å². The van der Waals surface area contributed by atoms with Gasteiger partial charge < -0.3 is 4.42 Å². The van der Waals surface area contributed by atoms with Crippen molar-refractivity contribution in [3.63, 3.8) is 0 Å². The van der Waals surface area contributed by atoms with Crippen molar-refractivity contribution in [2.75, 3.05) is 26.1 Å². The molecule has 0 atom stereocenters. The van der Waals surface area contributed by atoms with E-state index in [9.17, 15) is 13.2 Å². The number of esters is 1. The van der Waals surface area contributed by atoms with Crippen LogP contribution < -0.4 is 20.6 Å². The molecule has 0 saturated carbocycles. The third kappa shape index (κ3) is 7.69. The van der Waals surface area contributed by atoms with Gasteiger partial charge >= 0.3 is 191 Å². The quantitative estimate of drug-likeness (QED) is 0.0531. The van der Waals surface area contributed by atoms with E-state index < -0.39 is 23.3 Å². The average Bonchev–Trinajstić information content (AvgIpc) is 3.50. The zero-order valence-corrected chi connectivity index (χ0v) is 28.5. The number of fused-ring (bicyclic) bond motifs is 3. The van der Waals surface area contributed by atoms with Gasteiger partial charge in [-0.2, -0.15) is 0 Å². The van der Waals surface area contributed by atoms with E-state index in [0.717, 1.165) is 36.2 Å². The standard InChI is InChI=1S/C39H40NO6PS/c41-39(25-26-40-48(42,43)34-23-24-36-35-21-11-12-22-37(35)46-38(36)29-34)45-30-44-27-13-4-14-28-47(31-15-5-1-6-16-31,32-17-7-2-8-18-32)33-19-9-3-10-20-33/h1-3,5-12,15-24,29,40,47H,4,13-14,25-28,30H2. The van der Waals surface area contributed by atoms with Gasteiger partial charge in [-0.3, -0.25) is 0 Å². The van der Waals surface area contributed by atoms with E-state index in [0.29, 0.717) is 17.8 Å². The number of furan rings is 1. The Hall–Kier alpha value is -4.33. The normalized spacial score (nSPS) is 12.3.